The van der Waals surface area contributed by atoms with Crippen molar-refractivity contribution in [2.45, 2.75) is 124 Å². The van der Waals surface area contributed by atoms with Crippen molar-refractivity contribution in [3.05, 3.63) is 0 Å². The van der Waals surface area contributed by atoms with Crippen LogP contribution in [0.3, 0.4) is 0 Å². The molecule has 2 amide bonds. The Morgan fingerprint density at radius 1 is 0.907 bits per heavy atom. The molecule has 0 aromatic rings. The molecule has 238 valence electrons. The summed E-state index contributed by atoms with van der Waals surface area (Å²) in [7, 11) is 0. The summed E-state index contributed by atoms with van der Waals surface area (Å²) in [6, 6.07) is -0.611. The molecular formula is C36H54N2O5. The summed E-state index contributed by atoms with van der Waals surface area (Å²) < 4.78 is 0. The molecule has 7 nitrogen and oxygen atoms in total. The van der Waals surface area contributed by atoms with Gasteiger partial charge in [0, 0.05) is 37.6 Å². The van der Waals surface area contributed by atoms with Crippen LogP contribution in [-0.2, 0) is 24.0 Å². The molecule has 43 heavy (non-hydrogen) atoms. The Kier molecular flexibility index (Phi) is 7.77. The predicted molar refractivity (Wildman–Crippen MR) is 163 cm³/mol. The van der Waals surface area contributed by atoms with Crippen LogP contribution in [0.5, 0.6) is 0 Å². The Morgan fingerprint density at radius 2 is 1.49 bits per heavy atom. The number of nitrogens with two attached hydrogens (primary N) is 1. The first kappa shape index (κ1) is 31.0. The van der Waals surface area contributed by atoms with E-state index in [-0.39, 0.29) is 53.0 Å². The minimum atomic E-state index is -0.980. The Morgan fingerprint density at radius 3 is 1.98 bits per heavy atom. The third-order valence-electron chi connectivity index (χ3n) is 13.2. The molecule has 7 aliphatic rings. The summed E-state index contributed by atoms with van der Waals surface area (Å²) in [5.41, 5.74) is 5.05. The maximum atomic E-state index is 14.4. The highest BCUT2D eigenvalue weighted by Gasteiger charge is 2.69. The van der Waals surface area contributed by atoms with Crippen molar-refractivity contribution in [2.24, 2.45) is 69.3 Å². The maximum absolute atomic E-state index is 14.4. The highest BCUT2D eigenvalue weighted by Crippen LogP contribution is 2.66. The second-order valence-corrected chi connectivity index (χ2v) is 17.8. The average Bonchev–Trinajstić information content (AvgIpc) is 3.18. The van der Waals surface area contributed by atoms with E-state index < -0.39 is 35.0 Å². The molecule has 7 rings (SSSR count). The van der Waals surface area contributed by atoms with Gasteiger partial charge in [0.15, 0.2) is 5.78 Å². The number of ketones is 3. The monoisotopic (exact) mass is 594 g/mol. The van der Waals surface area contributed by atoms with Gasteiger partial charge < -0.3 is 10.6 Å². The second kappa shape index (κ2) is 10.8. The molecule has 1 aliphatic heterocycles. The van der Waals surface area contributed by atoms with Gasteiger partial charge in [-0.1, -0.05) is 53.9 Å². The Hall–Kier alpha value is -2.05. The zero-order chi connectivity index (χ0) is 31.1. The van der Waals surface area contributed by atoms with Crippen LogP contribution in [0.15, 0.2) is 0 Å². The van der Waals surface area contributed by atoms with Gasteiger partial charge in [0.1, 0.15) is 5.78 Å². The standard InChI is InChI=1S/C36H54N2O5/c1-34(2,3)26(14-25(39)18-36-15-21-9-22(16-36)11-23(10-21)17-36)33(43)38-19-27-29(35(27,4)5)30(38)28(40)13-24(31(41)32(37)42)12-20-7-6-8-20/h20-24,26-27,29-30H,6-19H2,1-5H3,(H2,37,42)/t21?,22?,23?,24-,26+,27-,29-,30+,36?/m0/s1. The van der Waals surface area contributed by atoms with E-state index in [2.05, 4.69) is 13.8 Å². The van der Waals surface area contributed by atoms with E-state index >= 15 is 0 Å². The van der Waals surface area contributed by atoms with E-state index in [1.807, 2.05) is 20.8 Å². The summed E-state index contributed by atoms with van der Waals surface area (Å²) in [4.78, 5) is 68.7. The fourth-order valence-electron chi connectivity index (χ4n) is 11.1. The van der Waals surface area contributed by atoms with Crippen molar-refractivity contribution in [2.75, 3.05) is 6.54 Å². The number of Topliss-reactive ketones (excluding diaryl/α,β-unsaturated/α-hetero) is 3. The lowest BCUT2D eigenvalue weighted by molar-refractivity contribution is -0.149. The molecule has 7 heteroatoms. The number of carbonyl (C=O) groups is 5. The Labute approximate surface area is 257 Å². The normalized spacial score (nSPS) is 36.9. The molecule has 0 spiro atoms. The number of nitrogens with zero attached hydrogens (tertiary/aromatic N) is 1. The van der Waals surface area contributed by atoms with Crippen LogP contribution in [0.25, 0.3) is 0 Å². The highest BCUT2D eigenvalue weighted by atomic mass is 16.2. The highest BCUT2D eigenvalue weighted by molar-refractivity contribution is 6.36. The molecule has 7 fully saturated rings. The first-order valence-corrected chi connectivity index (χ1v) is 17.3. The number of carbonyl (C=O) groups excluding carboxylic acids is 5. The Bertz CT molecular complexity index is 1160. The van der Waals surface area contributed by atoms with Gasteiger partial charge in [-0.15, -0.1) is 0 Å². The number of hydrogen-bond donors (Lipinski definition) is 1. The zero-order valence-corrected chi connectivity index (χ0v) is 27.2. The van der Waals surface area contributed by atoms with Gasteiger partial charge in [0.05, 0.1) is 6.04 Å². The molecule has 6 aliphatic carbocycles. The smallest absolute Gasteiger partial charge is 0.285 e. The third kappa shape index (κ3) is 5.76. The van der Waals surface area contributed by atoms with Gasteiger partial charge in [-0.05, 0) is 96.7 Å². The van der Waals surface area contributed by atoms with Gasteiger partial charge in [-0.25, -0.2) is 0 Å². The van der Waals surface area contributed by atoms with E-state index in [9.17, 15) is 24.0 Å². The summed E-state index contributed by atoms with van der Waals surface area (Å²) >= 11 is 0. The summed E-state index contributed by atoms with van der Waals surface area (Å²) in [5.74, 6) is 0.0789. The van der Waals surface area contributed by atoms with Crippen LogP contribution < -0.4 is 5.73 Å². The lowest BCUT2D eigenvalue weighted by atomic mass is 9.48. The molecule has 6 saturated carbocycles. The topological polar surface area (TPSA) is 115 Å². The van der Waals surface area contributed by atoms with Crippen LogP contribution in [0, 0.1) is 63.6 Å². The van der Waals surface area contributed by atoms with Gasteiger partial charge in [0.2, 0.25) is 11.7 Å². The van der Waals surface area contributed by atoms with E-state index in [1.54, 1.807) is 4.90 Å². The van der Waals surface area contributed by atoms with Crippen LogP contribution >= 0.6 is 0 Å². The maximum Gasteiger partial charge on any atom is 0.285 e. The molecule has 1 saturated heterocycles. The molecule has 0 radical (unpaired) electrons. The van der Waals surface area contributed by atoms with Crippen molar-refractivity contribution in [1.29, 1.82) is 0 Å². The van der Waals surface area contributed by atoms with Gasteiger partial charge in [0.25, 0.3) is 5.91 Å². The lowest BCUT2D eigenvalue weighted by Crippen LogP contribution is -2.51. The SMILES string of the molecule is CC(C)(C)[C@H](CC(=O)CC12CC3CC(CC(C3)C1)C2)C(=O)N1C[C@H]2[C@@H]([C@H]1C(=O)C[C@H](CC1CCC1)C(=O)C(N)=O)C2(C)C. The van der Waals surface area contributed by atoms with E-state index in [4.69, 9.17) is 5.73 Å². The van der Waals surface area contributed by atoms with Gasteiger partial charge >= 0.3 is 0 Å². The Balaban J connectivity index is 1.18. The fourth-order valence-corrected chi connectivity index (χ4v) is 11.1. The molecule has 2 N–H and O–H groups in total. The zero-order valence-electron chi connectivity index (χ0n) is 27.2. The van der Waals surface area contributed by atoms with Crippen molar-refractivity contribution in [1.82, 2.24) is 4.90 Å². The summed E-state index contributed by atoms with van der Waals surface area (Å²) in [5, 5.41) is 0. The molecular weight excluding hydrogens is 540 g/mol. The minimum absolute atomic E-state index is 0.0420. The molecule has 0 aromatic heterocycles. The van der Waals surface area contributed by atoms with Crippen LogP contribution in [-0.4, -0.2) is 46.7 Å². The van der Waals surface area contributed by atoms with Crippen molar-refractivity contribution >= 4 is 29.2 Å². The van der Waals surface area contributed by atoms with Gasteiger partial charge in [-0.2, -0.15) is 0 Å². The molecule has 1 heterocycles. The molecule has 0 aromatic carbocycles. The van der Waals surface area contributed by atoms with Gasteiger partial charge in [-0.3, -0.25) is 24.0 Å². The third-order valence-corrected chi connectivity index (χ3v) is 13.2. The van der Waals surface area contributed by atoms with E-state index in [0.717, 1.165) is 37.0 Å². The fraction of sp³-hybridized carbons (Fsp3) is 0.861. The first-order chi connectivity index (χ1) is 20.1. The molecule has 4 bridgehead atoms. The van der Waals surface area contributed by atoms with E-state index in [0.29, 0.717) is 25.3 Å². The van der Waals surface area contributed by atoms with E-state index in [1.165, 1.54) is 38.5 Å². The molecule has 0 unspecified atom stereocenters. The number of rotatable bonds is 12. The van der Waals surface area contributed by atoms with Crippen molar-refractivity contribution in [3.8, 4) is 0 Å². The molecule has 5 atom stereocenters. The first-order valence-electron chi connectivity index (χ1n) is 17.3. The van der Waals surface area contributed by atoms with Crippen molar-refractivity contribution in [3.63, 3.8) is 0 Å². The largest absolute Gasteiger partial charge is 0.363 e. The van der Waals surface area contributed by atoms with Crippen LogP contribution in [0.2, 0.25) is 0 Å². The minimum Gasteiger partial charge on any atom is -0.363 e. The summed E-state index contributed by atoms with van der Waals surface area (Å²) in [6.45, 7) is 10.9. The van der Waals surface area contributed by atoms with Crippen LogP contribution in [0.1, 0.15) is 118 Å². The number of fused-ring (bicyclic) bond motifs is 1. The number of piperidine rings is 1. The quantitative estimate of drug-likeness (QED) is 0.299. The number of primary amides is 1. The number of amides is 2. The number of hydrogen-bond acceptors (Lipinski definition) is 5. The number of likely N-dealkylation sites (tertiary alicyclic amines) is 1. The average molecular weight is 595 g/mol. The van der Waals surface area contributed by atoms with Crippen molar-refractivity contribution < 1.29 is 24.0 Å². The second-order valence-electron chi connectivity index (χ2n) is 17.8. The predicted octanol–water partition coefficient (Wildman–Crippen LogP) is 5.52. The van der Waals surface area contributed by atoms with Crippen LogP contribution in [0.4, 0.5) is 0 Å². The lowest BCUT2D eigenvalue weighted by Gasteiger charge is -2.56. The summed E-state index contributed by atoms with van der Waals surface area (Å²) in [6.07, 6.45) is 11.9.